The van der Waals surface area contributed by atoms with E-state index in [0.29, 0.717) is 17.9 Å². The van der Waals surface area contributed by atoms with Gasteiger partial charge in [-0.05, 0) is 42.8 Å². The van der Waals surface area contributed by atoms with Crippen LogP contribution in [0.1, 0.15) is 70.0 Å². The number of hydrogen-bond donors (Lipinski definition) is 1. The minimum Gasteiger partial charge on any atom is -0.309 e. The van der Waals surface area contributed by atoms with Gasteiger partial charge in [-0.15, -0.1) is 5.10 Å². The second-order valence-corrected chi connectivity index (χ2v) is 6.10. The van der Waals surface area contributed by atoms with Crippen LogP contribution in [0.25, 0.3) is 0 Å². The van der Waals surface area contributed by atoms with Crippen LogP contribution in [0, 0.1) is 5.92 Å². The molecule has 0 aromatic carbocycles. The van der Waals surface area contributed by atoms with Crippen LogP contribution in [0.5, 0.6) is 0 Å². The van der Waals surface area contributed by atoms with E-state index in [9.17, 15) is 0 Å². The van der Waals surface area contributed by atoms with E-state index in [0.717, 1.165) is 19.4 Å². The van der Waals surface area contributed by atoms with Gasteiger partial charge in [0.05, 0.1) is 10.6 Å². The summed E-state index contributed by atoms with van der Waals surface area (Å²) >= 11 is 1.55. The van der Waals surface area contributed by atoms with Crippen molar-refractivity contribution < 1.29 is 0 Å². The molecule has 98 valence electrons. The topological polar surface area (TPSA) is 37.8 Å². The SMILES string of the molecule is CCCNC(CC(C)C)c1snnc1C(C)C. The lowest BCUT2D eigenvalue weighted by molar-refractivity contribution is 0.431. The van der Waals surface area contributed by atoms with E-state index in [-0.39, 0.29) is 0 Å². The second kappa shape index (κ2) is 7.07. The van der Waals surface area contributed by atoms with Crippen molar-refractivity contribution in [1.29, 1.82) is 0 Å². The van der Waals surface area contributed by atoms with Gasteiger partial charge in [0.15, 0.2) is 0 Å². The van der Waals surface area contributed by atoms with Gasteiger partial charge in [0.25, 0.3) is 0 Å². The van der Waals surface area contributed by atoms with Crippen molar-refractivity contribution in [3.8, 4) is 0 Å². The molecule has 1 rings (SSSR count). The molecule has 0 saturated carbocycles. The number of nitrogens with zero attached hydrogens (tertiary/aromatic N) is 2. The van der Waals surface area contributed by atoms with Crippen LogP contribution in [-0.4, -0.2) is 16.1 Å². The monoisotopic (exact) mass is 255 g/mol. The Bertz CT molecular complexity index is 320. The Balaban J connectivity index is 2.83. The summed E-state index contributed by atoms with van der Waals surface area (Å²) in [6, 6.07) is 0.423. The fourth-order valence-corrected chi connectivity index (χ4v) is 2.81. The molecule has 0 radical (unpaired) electrons. The highest BCUT2D eigenvalue weighted by atomic mass is 32.1. The summed E-state index contributed by atoms with van der Waals surface area (Å²) in [5, 5.41) is 7.91. The molecule has 4 heteroatoms. The normalized spacial score (nSPS) is 13.6. The smallest absolute Gasteiger partial charge is 0.0829 e. The third-order valence-electron chi connectivity index (χ3n) is 2.75. The van der Waals surface area contributed by atoms with Crippen molar-refractivity contribution in [3.63, 3.8) is 0 Å². The van der Waals surface area contributed by atoms with Crippen molar-refractivity contribution in [2.45, 2.75) is 59.4 Å². The van der Waals surface area contributed by atoms with Gasteiger partial charge >= 0.3 is 0 Å². The van der Waals surface area contributed by atoms with E-state index in [1.54, 1.807) is 11.5 Å². The number of hydrogen-bond acceptors (Lipinski definition) is 4. The first-order chi connectivity index (χ1) is 8.06. The van der Waals surface area contributed by atoms with E-state index >= 15 is 0 Å². The average molecular weight is 255 g/mol. The highest BCUT2D eigenvalue weighted by Crippen LogP contribution is 2.30. The molecule has 1 aromatic heterocycles. The molecule has 0 amide bonds. The summed E-state index contributed by atoms with van der Waals surface area (Å²) in [5.41, 5.74) is 1.17. The summed E-state index contributed by atoms with van der Waals surface area (Å²) in [4.78, 5) is 1.34. The van der Waals surface area contributed by atoms with Crippen LogP contribution in [-0.2, 0) is 0 Å². The molecule has 17 heavy (non-hydrogen) atoms. The van der Waals surface area contributed by atoms with Crippen molar-refractivity contribution in [2.24, 2.45) is 5.92 Å². The molecule has 1 aromatic rings. The maximum atomic E-state index is 4.28. The molecule has 1 unspecified atom stereocenters. The Hall–Kier alpha value is -0.480. The first-order valence-electron chi connectivity index (χ1n) is 6.61. The van der Waals surface area contributed by atoms with Gasteiger partial charge in [0.2, 0.25) is 0 Å². The van der Waals surface area contributed by atoms with Crippen LogP contribution in [0.3, 0.4) is 0 Å². The maximum absolute atomic E-state index is 4.28. The lowest BCUT2D eigenvalue weighted by Crippen LogP contribution is -2.24. The molecule has 1 N–H and O–H groups in total. The molecule has 0 saturated heterocycles. The van der Waals surface area contributed by atoms with Gasteiger partial charge in [0.1, 0.15) is 0 Å². The van der Waals surface area contributed by atoms with E-state index < -0.39 is 0 Å². The minimum atomic E-state index is 0.423. The van der Waals surface area contributed by atoms with E-state index in [4.69, 9.17) is 0 Å². The zero-order chi connectivity index (χ0) is 12.8. The van der Waals surface area contributed by atoms with Crippen molar-refractivity contribution in [2.75, 3.05) is 6.54 Å². The molecule has 1 atom stereocenters. The van der Waals surface area contributed by atoms with Crippen LogP contribution < -0.4 is 5.32 Å². The molecular weight excluding hydrogens is 230 g/mol. The molecule has 3 nitrogen and oxygen atoms in total. The summed E-state index contributed by atoms with van der Waals surface area (Å²) in [6.45, 7) is 12.2. The highest BCUT2D eigenvalue weighted by molar-refractivity contribution is 7.05. The quantitative estimate of drug-likeness (QED) is 0.806. The van der Waals surface area contributed by atoms with Crippen molar-refractivity contribution in [1.82, 2.24) is 14.9 Å². The fourth-order valence-electron chi connectivity index (χ4n) is 1.92. The molecule has 0 spiro atoms. The predicted octanol–water partition coefficient (Wildman–Crippen LogP) is 3.75. The summed E-state index contributed by atoms with van der Waals surface area (Å²) < 4.78 is 4.13. The summed E-state index contributed by atoms with van der Waals surface area (Å²) in [5.74, 6) is 1.15. The molecule has 0 aliphatic heterocycles. The molecule has 0 aliphatic carbocycles. The Morgan fingerprint density at radius 1 is 1.24 bits per heavy atom. The maximum Gasteiger partial charge on any atom is 0.0829 e. The van der Waals surface area contributed by atoms with E-state index in [2.05, 4.69) is 49.5 Å². The largest absolute Gasteiger partial charge is 0.309 e. The van der Waals surface area contributed by atoms with Crippen molar-refractivity contribution in [3.05, 3.63) is 10.6 Å². The average Bonchev–Trinajstić information content (AvgIpc) is 2.72. The summed E-state index contributed by atoms with van der Waals surface area (Å²) in [6.07, 6.45) is 2.32. The van der Waals surface area contributed by atoms with Crippen LogP contribution in [0.15, 0.2) is 0 Å². The zero-order valence-electron chi connectivity index (χ0n) is 11.7. The molecule has 0 bridgehead atoms. The predicted molar refractivity (Wildman–Crippen MR) is 74.5 cm³/mol. The van der Waals surface area contributed by atoms with Crippen LogP contribution in [0.2, 0.25) is 0 Å². The Morgan fingerprint density at radius 3 is 2.47 bits per heavy atom. The molecule has 0 aliphatic rings. The van der Waals surface area contributed by atoms with Crippen LogP contribution >= 0.6 is 11.5 Å². The first-order valence-corrected chi connectivity index (χ1v) is 7.39. The standard InChI is InChI=1S/C13H25N3S/c1-6-7-14-11(8-9(2)3)13-12(10(4)5)15-16-17-13/h9-11,14H,6-8H2,1-5H3. The third kappa shape index (κ3) is 4.36. The van der Waals surface area contributed by atoms with Crippen molar-refractivity contribution >= 4 is 11.5 Å². The fraction of sp³-hybridized carbons (Fsp3) is 0.846. The molecule has 0 fully saturated rings. The lowest BCUT2D eigenvalue weighted by atomic mass is 9.98. The van der Waals surface area contributed by atoms with Gasteiger partial charge in [-0.25, -0.2) is 0 Å². The van der Waals surface area contributed by atoms with E-state index in [1.165, 1.54) is 10.6 Å². The first kappa shape index (κ1) is 14.6. The Morgan fingerprint density at radius 2 is 1.94 bits per heavy atom. The number of rotatable bonds is 7. The van der Waals surface area contributed by atoms with E-state index in [1.807, 2.05) is 0 Å². The number of nitrogens with one attached hydrogen (secondary N) is 1. The van der Waals surface area contributed by atoms with Gasteiger partial charge < -0.3 is 5.32 Å². The van der Waals surface area contributed by atoms with Crippen LogP contribution in [0.4, 0.5) is 0 Å². The highest BCUT2D eigenvalue weighted by Gasteiger charge is 2.21. The van der Waals surface area contributed by atoms with Gasteiger partial charge in [-0.3, -0.25) is 0 Å². The molecule has 1 heterocycles. The summed E-state index contributed by atoms with van der Waals surface area (Å²) in [7, 11) is 0. The van der Waals surface area contributed by atoms with Gasteiger partial charge in [-0.2, -0.15) is 0 Å². The Kier molecular flexibility index (Phi) is 6.06. The van der Waals surface area contributed by atoms with Gasteiger partial charge in [0, 0.05) is 6.04 Å². The minimum absolute atomic E-state index is 0.423. The molecular formula is C13H25N3S. The third-order valence-corrected chi connectivity index (χ3v) is 3.61. The Labute approximate surface area is 109 Å². The number of aromatic nitrogens is 2. The zero-order valence-corrected chi connectivity index (χ0v) is 12.5. The van der Waals surface area contributed by atoms with Gasteiger partial charge in [-0.1, -0.05) is 39.1 Å². The lowest BCUT2D eigenvalue weighted by Gasteiger charge is -2.20. The second-order valence-electron chi connectivity index (χ2n) is 5.31.